The number of benzene rings is 2. The Bertz CT molecular complexity index is 698. The third-order valence-corrected chi connectivity index (χ3v) is 6.40. The van der Waals surface area contributed by atoms with E-state index in [4.69, 9.17) is 9.47 Å². The summed E-state index contributed by atoms with van der Waals surface area (Å²) in [4.78, 5) is 0.641. The quantitative estimate of drug-likeness (QED) is 0.214. The molecule has 28 heavy (non-hydrogen) atoms. The SMILES string of the molecule is CCCCCCOc1ccc2c(CC)c(OCCCCC(Br)CC)ccc2c1. The lowest BCUT2D eigenvalue weighted by Gasteiger charge is -2.15. The highest BCUT2D eigenvalue weighted by molar-refractivity contribution is 9.09. The zero-order chi connectivity index (χ0) is 20.2. The van der Waals surface area contributed by atoms with Gasteiger partial charge in [-0.15, -0.1) is 0 Å². The maximum atomic E-state index is 6.14. The van der Waals surface area contributed by atoms with Gasteiger partial charge in [0.05, 0.1) is 13.2 Å². The number of ether oxygens (including phenoxy) is 2. The van der Waals surface area contributed by atoms with Gasteiger partial charge >= 0.3 is 0 Å². The monoisotopic (exact) mass is 448 g/mol. The second-order valence-electron chi connectivity index (χ2n) is 7.54. The van der Waals surface area contributed by atoms with Crippen molar-refractivity contribution in [3.05, 3.63) is 35.9 Å². The minimum Gasteiger partial charge on any atom is -0.494 e. The fourth-order valence-electron chi connectivity index (χ4n) is 3.52. The molecule has 2 rings (SSSR count). The van der Waals surface area contributed by atoms with Crippen molar-refractivity contribution in [3.8, 4) is 11.5 Å². The number of hydrogen-bond donors (Lipinski definition) is 0. The van der Waals surface area contributed by atoms with Crippen LogP contribution in [0.5, 0.6) is 11.5 Å². The van der Waals surface area contributed by atoms with E-state index >= 15 is 0 Å². The Morgan fingerprint density at radius 2 is 1.64 bits per heavy atom. The van der Waals surface area contributed by atoms with Crippen LogP contribution >= 0.6 is 15.9 Å². The van der Waals surface area contributed by atoms with Crippen molar-refractivity contribution in [2.75, 3.05) is 13.2 Å². The average molecular weight is 449 g/mol. The maximum Gasteiger partial charge on any atom is 0.123 e. The van der Waals surface area contributed by atoms with Crippen molar-refractivity contribution in [1.82, 2.24) is 0 Å². The molecule has 0 saturated heterocycles. The second-order valence-corrected chi connectivity index (χ2v) is 8.83. The van der Waals surface area contributed by atoms with E-state index in [1.54, 1.807) is 0 Å². The molecule has 2 aromatic rings. The number of hydrogen-bond acceptors (Lipinski definition) is 2. The first-order chi connectivity index (χ1) is 13.7. The van der Waals surface area contributed by atoms with E-state index < -0.39 is 0 Å². The predicted molar refractivity (Wildman–Crippen MR) is 125 cm³/mol. The Hall–Kier alpha value is -1.22. The number of fused-ring (bicyclic) bond motifs is 1. The van der Waals surface area contributed by atoms with E-state index in [0.717, 1.165) is 44.0 Å². The molecule has 0 aliphatic carbocycles. The molecule has 0 aliphatic rings. The predicted octanol–water partition coefficient (Wildman–Crippen LogP) is 8.08. The van der Waals surface area contributed by atoms with Crippen LogP contribution in [0.3, 0.4) is 0 Å². The van der Waals surface area contributed by atoms with Gasteiger partial charge in [-0.3, -0.25) is 0 Å². The van der Waals surface area contributed by atoms with Crippen molar-refractivity contribution in [1.29, 1.82) is 0 Å². The molecule has 0 aromatic heterocycles. The van der Waals surface area contributed by atoms with Gasteiger partial charge < -0.3 is 9.47 Å². The topological polar surface area (TPSA) is 18.5 Å². The molecule has 0 bridgehead atoms. The molecule has 0 saturated carbocycles. The fourth-order valence-corrected chi connectivity index (χ4v) is 3.84. The van der Waals surface area contributed by atoms with Crippen LogP contribution in [-0.4, -0.2) is 18.0 Å². The lowest BCUT2D eigenvalue weighted by atomic mass is 10.0. The normalized spacial score (nSPS) is 12.3. The molecule has 0 radical (unpaired) electrons. The number of unbranched alkanes of at least 4 members (excludes halogenated alkanes) is 4. The summed E-state index contributed by atoms with van der Waals surface area (Å²) < 4.78 is 12.1. The highest BCUT2D eigenvalue weighted by atomic mass is 79.9. The number of halogens is 1. The van der Waals surface area contributed by atoms with Crippen LogP contribution in [-0.2, 0) is 6.42 Å². The molecule has 2 nitrogen and oxygen atoms in total. The second kappa shape index (κ2) is 13.1. The molecule has 0 N–H and O–H groups in total. The zero-order valence-electron chi connectivity index (χ0n) is 17.9. The molecular weight excluding hydrogens is 412 g/mol. The highest BCUT2D eigenvalue weighted by Gasteiger charge is 2.09. The van der Waals surface area contributed by atoms with Gasteiger partial charge in [-0.25, -0.2) is 0 Å². The van der Waals surface area contributed by atoms with Crippen LogP contribution in [0.25, 0.3) is 10.8 Å². The third-order valence-electron chi connectivity index (χ3n) is 5.29. The Morgan fingerprint density at radius 1 is 0.857 bits per heavy atom. The van der Waals surface area contributed by atoms with Crippen LogP contribution in [0.2, 0.25) is 0 Å². The number of aryl methyl sites for hydroxylation is 1. The standard InChI is InChI=1S/C25H37BrO2/c1-4-7-8-10-17-27-22-14-15-24-20(19-22)13-16-25(23(24)6-3)28-18-11-9-12-21(26)5-2/h13-16,19,21H,4-12,17-18H2,1-3H3. The summed E-state index contributed by atoms with van der Waals surface area (Å²) in [5, 5.41) is 2.52. The number of rotatable bonds is 14. The molecule has 0 heterocycles. The first-order valence-corrected chi connectivity index (χ1v) is 12.1. The van der Waals surface area contributed by atoms with Gasteiger partial charge in [0, 0.05) is 10.4 Å². The Labute approximate surface area is 180 Å². The van der Waals surface area contributed by atoms with Gasteiger partial charge in [-0.05, 0) is 67.5 Å². The van der Waals surface area contributed by atoms with Crippen molar-refractivity contribution in [2.24, 2.45) is 0 Å². The molecule has 0 aliphatic heterocycles. The van der Waals surface area contributed by atoms with Crippen LogP contribution in [0.15, 0.2) is 30.3 Å². The summed E-state index contributed by atoms with van der Waals surface area (Å²) in [5.41, 5.74) is 1.30. The first-order valence-electron chi connectivity index (χ1n) is 11.1. The zero-order valence-corrected chi connectivity index (χ0v) is 19.5. The lowest BCUT2D eigenvalue weighted by molar-refractivity contribution is 0.302. The molecule has 1 atom stereocenters. The van der Waals surface area contributed by atoms with Crippen molar-refractivity contribution < 1.29 is 9.47 Å². The van der Waals surface area contributed by atoms with Gasteiger partial charge in [0.1, 0.15) is 11.5 Å². The van der Waals surface area contributed by atoms with Crippen molar-refractivity contribution in [2.45, 2.75) is 83.4 Å². The lowest BCUT2D eigenvalue weighted by Crippen LogP contribution is -2.02. The molecule has 0 fully saturated rings. The van der Waals surface area contributed by atoms with Crippen LogP contribution < -0.4 is 9.47 Å². The van der Waals surface area contributed by atoms with E-state index in [9.17, 15) is 0 Å². The minimum atomic E-state index is 0.641. The largest absolute Gasteiger partial charge is 0.494 e. The van der Waals surface area contributed by atoms with Gasteiger partial charge in [0.15, 0.2) is 0 Å². The first kappa shape index (κ1) is 23.1. The molecule has 156 valence electrons. The van der Waals surface area contributed by atoms with E-state index in [2.05, 4.69) is 67.0 Å². The Morgan fingerprint density at radius 3 is 2.39 bits per heavy atom. The van der Waals surface area contributed by atoms with Gasteiger partial charge in [0.25, 0.3) is 0 Å². The van der Waals surface area contributed by atoms with E-state index in [-0.39, 0.29) is 0 Å². The molecule has 3 heteroatoms. The molecule has 1 unspecified atom stereocenters. The fraction of sp³-hybridized carbons (Fsp3) is 0.600. The summed E-state index contributed by atoms with van der Waals surface area (Å²) in [6.45, 7) is 8.26. The van der Waals surface area contributed by atoms with Crippen LogP contribution in [0.1, 0.15) is 77.7 Å². The Balaban J connectivity index is 1.94. The van der Waals surface area contributed by atoms with E-state index in [1.807, 2.05) is 0 Å². The van der Waals surface area contributed by atoms with Gasteiger partial charge in [-0.2, -0.15) is 0 Å². The number of alkyl halides is 1. The van der Waals surface area contributed by atoms with Crippen molar-refractivity contribution >= 4 is 26.7 Å². The average Bonchev–Trinajstić information content (AvgIpc) is 2.72. The smallest absolute Gasteiger partial charge is 0.123 e. The highest BCUT2D eigenvalue weighted by Crippen LogP contribution is 2.31. The summed E-state index contributed by atoms with van der Waals surface area (Å²) in [6.07, 6.45) is 10.6. The molecular formula is C25H37BrO2. The maximum absolute atomic E-state index is 6.14. The minimum absolute atomic E-state index is 0.641. The Kier molecular flexibility index (Phi) is 10.8. The van der Waals surface area contributed by atoms with Crippen molar-refractivity contribution in [3.63, 3.8) is 0 Å². The van der Waals surface area contributed by atoms with E-state index in [1.165, 1.54) is 54.9 Å². The summed E-state index contributed by atoms with van der Waals surface area (Å²) in [5.74, 6) is 2.01. The van der Waals surface area contributed by atoms with Gasteiger partial charge in [-0.1, -0.05) is 68.1 Å². The van der Waals surface area contributed by atoms with Crippen LogP contribution in [0, 0.1) is 0 Å². The molecule has 2 aromatic carbocycles. The van der Waals surface area contributed by atoms with Gasteiger partial charge in [0.2, 0.25) is 0 Å². The third kappa shape index (κ3) is 7.31. The summed E-state index contributed by atoms with van der Waals surface area (Å²) in [7, 11) is 0. The van der Waals surface area contributed by atoms with Crippen LogP contribution in [0.4, 0.5) is 0 Å². The molecule has 0 amide bonds. The summed E-state index contributed by atoms with van der Waals surface area (Å²) >= 11 is 3.71. The van der Waals surface area contributed by atoms with E-state index in [0.29, 0.717) is 4.83 Å². The summed E-state index contributed by atoms with van der Waals surface area (Å²) in [6, 6.07) is 10.8. The molecule has 0 spiro atoms.